The molecule has 0 spiro atoms. The van der Waals surface area contributed by atoms with Crippen LogP contribution in [0.1, 0.15) is 58.8 Å². The molecule has 1 N–H and O–H groups in total. The Balaban J connectivity index is 1.72. The van der Waals surface area contributed by atoms with Crippen molar-refractivity contribution in [3.63, 3.8) is 0 Å². The first-order valence-corrected chi connectivity index (χ1v) is 6.98. The van der Waals surface area contributed by atoms with E-state index in [0.717, 1.165) is 6.54 Å². The number of hydrogen-bond acceptors (Lipinski definition) is 1. The van der Waals surface area contributed by atoms with Crippen molar-refractivity contribution in [3.05, 3.63) is 0 Å². The molecule has 0 radical (unpaired) electrons. The first kappa shape index (κ1) is 13.3. The Morgan fingerprint density at radius 3 is 2.47 bits per heavy atom. The van der Waals surface area contributed by atoms with E-state index < -0.39 is 5.92 Å². The van der Waals surface area contributed by atoms with E-state index in [0.29, 0.717) is 17.9 Å². The van der Waals surface area contributed by atoms with E-state index in [9.17, 15) is 8.78 Å². The Hall–Kier alpha value is -0.180. The van der Waals surface area contributed by atoms with Crippen LogP contribution in [0.3, 0.4) is 0 Å². The minimum absolute atomic E-state index is 0.0928. The van der Waals surface area contributed by atoms with Gasteiger partial charge in [-0.2, -0.15) is 0 Å². The molecule has 0 aromatic rings. The quantitative estimate of drug-likeness (QED) is 0.793. The average molecular weight is 245 g/mol. The number of hydrogen-bond donors (Lipinski definition) is 1. The molecule has 0 aliphatic heterocycles. The maximum atomic E-state index is 13.1. The lowest BCUT2D eigenvalue weighted by Gasteiger charge is -2.36. The summed E-state index contributed by atoms with van der Waals surface area (Å²) in [5, 5.41) is 3.52. The molecule has 2 atom stereocenters. The monoisotopic (exact) mass is 245 g/mol. The molecule has 0 amide bonds. The molecule has 2 saturated carbocycles. The molecular formula is C14H25F2N. The van der Waals surface area contributed by atoms with Crippen LogP contribution in [0.5, 0.6) is 0 Å². The summed E-state index contributed by atoms with van der Waals surface area (Å²) < 4.78 is 26.1. The second-order valence-corrected chi connectivity index (χ2v) is 6.83. The molecule has 2 aliphatic rings. The maximum Gasteiger partial charge on any atom is 0.248 e. The Morgan fingerprint density at radius 2 is 1.88 bits per heavy atom. The van der Waals surface area contributed by atoms with E-state index in [4.69, 9.17) is 0 Å². The van der Waals surface area contributed by atoms with Crippen molar-refractivity contribution >= 4 is 0 Å². The predicted octanol–water partition coefficient (Wildman–Crippen LogP) is 3.98. The fraction of sp³-hybridized carbons (Fsp3) is 1.00. The molecule has 2 rings (SSSR count). The van der Waals surface area contributed by atoms with Crippen LogP contribution in [0.15, 0.2) is 0 Å². The third kappa shape index (κ3) is 3.90. The van der Waals surface area contributed by atoms with Gasteiger partial charge in [-0.05, 0) is 43.6 Å². The van der Waals surface area contributed by atoms with Gasteiger partial charge >= 0.3 is 0 Å². The summed E-state index contributed by atoms with van der Waals surface area (Å²) >= 11 is 0. The maximum absolute atomic E-state index is 13.1. The standard InChI is InChI=1S/C14H25F2N/c1-13(2)6-3-4-12(9-13)17-10-11-5-7-14(15,16)8-11/h11-12,17H,3-10H2,1-2H3. The molecule has 3 heteroatoms. The Morgan fingerprint density at radius 1 is 1.12 bits per heavy atom. The SMILES string of the molecule is CC1(C)CCCC(NCC2CCC(F)(F)C2)C1. The van der Waals surface area contributed by atoms with Gasteiger partial charge in [0, 0.05) is 18.9 Å². The molecule has 1 nitrogen and oxygen atoms in total. The van der Waals surface area contributed by atoms with E-state index in [-0.39, 0.29) is 18.8 Å². The summed E-state index contributed by atoms with van der Waals surface area (Å²) in [6.07, 6.45) is 5.85. The Kier molecular flexibility index (Phi) is 3.77. The Labute approximate surface area is 103 Å². The van der Waals surface area contributed by atoms with Crippen LogP contribution < -0.4 is 5.32 Å². The molecule has 2 fully saturated rings. The summed E-state index contributed by atoms with van der Waals surface area (Å²) in [5.41, 5.74) is 0.426. The summed E-state index contributed by atoms with van der Waals surface area (Å²) in [6, 6.07) is 0.549. The average Bonchev–Trinajstić information content (AvgIpc) is 2.54. The largest absolute Gasteiger partial charge is 0.314 e. The lowest BCUT2D eigenvalue weighted by Crippen LogP contribution is -2.39. The van der Waals surface area contributed by atoms with Crippen LogP contribution in [0.25, 0.3) is 0 Å². The van der Waals surface area contributed by atoms with Gasteiger partial charge in [0.15, 0.2) is 0 Å². The van der Waals surface area contributed by atoms with Crippen LogP contribution in [-0.4, -0.2) is 18.5 Å². The zero-order chi connectivity index (χ0) is 12.5. The number of rotatable bonds is 3. The smallest absolute Gasteiger partial charge is 0.248 e. The molecule has 0 saturated heterocycles. The lowest BCUT2D eigenvalue weighted by molar-refractivity contribution is 0.00484. The predicted molar refractivity (Wildman–Crippen MR) is 66.3 cm³/mol. The highest BCUT2D eigenvalue weighted by molar-refractivity contribution is 4.86. The lowest BCUT2D eigenvalue weighted by atomic mass is 9.75. The fourth-order valence-electron chi connectivity index (χ4n) is 3.42. The zero-order valence-corrected chi connectivity index (χ0v) is 11.1. The number of halogens is 2. The molecule has 100 valence electrons. The van der Waals surface area contributed by atoms with Crippen LogP contribution >= 0.6 is 0 Å². The molecule has 0 heterocycles. The van der Waals surface area contributed by atoms with Crippen LogP contribution in [0.2, 0.25) is 0 Å². The van der Waals surface area contributed by atoms with Gasteiger partial charge in [-0.15, -0.1) is 0 Å². The van der Waals surface area contributed by atoms with Crippen molar-refractivity contribution in [1.29, 1.82) is 0 Å². The number of nitrogens with one attached hydrogen (secondary N) is 1. The van der Waals surface area contributed by atoms with Gasteiger partial charge in [0.1, 0.15) is 0 Å². The zero-order valence-electron chi connectivity index (χ0n) is 11.1. The van der Waals surface area contributed by atoms with E-state index in [1.165, 1.54) is 25.7 Å². The molecule has 2 aliphatic carbocycles. The molecular weight excluding hydrogens is 220 g/mol. The topological polar surface area (TPSA) is 12.0 Å². The van der Waals surface area contributed by atoms with Gasteiger partial charge < -0.3 is 5.32 Å². The van der Waals surface area contributed by atoms with Gasteiger partial charge in [-0.3, -0.25) is 0 Å². The third-order valence-electron chi connectivity index (χ3n) is 4.41. The van der Waals surface area contributed by atoms with Gasteiger partial charge in [0.05, 0.1) is 0 Å². The van der Waals surface area contributed by atoms with Crippen LogP contribution in [0, 0.1) is 11.3 Å². The second-order valence-electron chi connectivity index (χ2n) is 6.83. The molecule has 0 aromatic heterocycles. The normalized spacial score (nSPS) is 36.0. The van der Waals surface area contributed by atoms with Crippen LogP contribution in [0.4, 0.5) is 8.78 Å². The van der Waals surface area contributed by atoms with E-state index >= 15 is 0 Å². The van der Waals surface area contributed by atoms with Crippen molar-refractivity contribution in [1.82, 2.24) is 5.32 Å². The highest BCUT2D eigenvalue weighted by atomic mass is 19.3. The van der Waals surface area contributed by atoms with Crippen molar-refractivity contribution in [2.24, 2.45) is 11.3 Å². The van der Waals surface area contributed by atoms with Crippen molar-refractivity contribution in [2.75, 3.05) is 6.54 Å². The fourth-order valence-corrected chi connectivity index (χ4v) is 3.42. The van der Waals surface area contributed by atoms with Crippen molar-refractivity contribution < 1.29 is 8.78 Å². The van der Waals surface area contributed by atoms with E-state index in [2.05, 4.69) is 19.2 Å². The minimum Gasteiger partial charge on any atom is -0.314 e. The summed E-state index contributed by atoms with van der Waals surface area (Å²) in [5.74, 6) is -2.20. The van der Waals surface area contributed by atoms with Gasteiger partial charge in [0.2, 0.25) is 5.92 Å². The minimum atomic E-state index is -2.39. The van der Waals surface area contributed by atoms with Crippen molar-refractivity contribution in [2.45, 2.75) is 70.8 Å². The van der Waals surface area contributed by atoms with Crippen LogP contribution in [-0.2, 0) is 0 Å². The van der Waals surface area contributed by atoms with Crippen molar-refractivity contribution in [3.8, 4) is 0 Å². The summed E-state index contributed by atoms with van der Waals surface area (Å²) in [6.45, 7) is 5.41. The molecule has 0 bridgehead atoms. The molecule has 2 unspecified atom stereocenters. The van der Waals surface area contributed by atoms with Gasteiger partial charge in [-0.1, -0.05) is 20.3 Å². The second kappa shape index (κ2) is 4.83. The highest BCUT2D eigenvalue weighted by Crippen LogP contribution is 2.39. The Bertz CT molecular complexity index is 263. The first-order valence-electron chi connectivity index (χ1n) is 6.98. The number of alkyl halides is 2. The highest BCUT2D eigenvalue weighted by Gasteiger charge is 2.39. The molecule has 0 aromatic carbocycles. The van der Waals surface area contributed by atoms with E-state index in [1.807, 2.05) is 0 Å². The van der Waals surface area contributed by atoms with Gasteiger partial charge in [0.25, 0.3) is 0 Å². The molecule has 17 heavy (non-hydrogen) atoms. The third-order valence-corrected chi connectivity index (χ3v) is 4.41. The van der Waals surface area contributed by atoms with E-state index in [1.54, 1.807) is 0 Å². The summed E-state index contributed by atoms with van der Waals surface area (Å²) in [7, 11) is 0. The van der Waals surface area contributed by atoms with Gasteiger partial charge in [-0.25, -0.2) is 8.78 Å². The first-order chi connectivity index (χ1) is 7.86. The summed E-state index contributed by atoms with van der Waals surface area (Å²) in [4.78, 5) is 0.